The Hall–Kier alpha value is -0.610. The fourth-order valence-corrected chi connectivity index (χ4v) is 4.70. The molecule has 3 heterocycles. The minimum absolute atomic E-state index is 0.156. The smallest absolute Gasteiger partial charge is 0.227 e. The summed E-state index contributed by atoms with van der Waals surface area (Å²) in [5, 5.41) is 6.85. The van der Waals surface area contributed by atoms with E-state index >= 15 is 0 Å². The highest BCUT2D eigenvalue weighted by Gasteiger charge is 2.41. The largest absolute Gasteiger partial charge is 0.353 e. The Morgan fingerprint density at radius 3 is 2.57 bits per heavy atom. The van der Waals surface area contributed by atoms with Crippen LogP contribution in [0.1, 0.15) is 58.3 Å². The van der Waals surface area contributed by atoms with Crippen LogP contribution in [0.5, 0.6) is 0 Å². The fraction of sp³-hybridized carbons (Fsp3) is 0.941. The average molecular weight is 293 g/mol. The van der Waals surface area contributed by atoms with E-state index in [1.807, 2.05) is 0 Å². The van der Waals surface area contributed by atoms with E-state index in [1.54, 1.807) is 0 Å². The summed E-state index contributed by atoms with van der Waals surface area (Å²) in [4.78, 5) is 15.4. The van der Waals surface area contributed by atoms with Crippen LogP contribution in [0.4, 0.5) is 0 Å². The van der Waals surface area contributed by atoms with E-state index in [2.05, 4.69) is 29.5 Å². The van der Waals surface area contributed by atoms with E-state index in [4.69, 9.17) is 0 Å². The summed E-state index contributed by atoms with van der Waals surface area (Å²) in [6.45, 7) is 4.08. The SMILES string of the molecule is CCC1(C(=O)NC2CC3CCCC(C2)N3C)CCCNC1. The summed E-state index contributed by atoms with van der Waals surface area (Å²) in [5.41, 5.74) is -0.156. The van der Waals surface area contributed by atoms with Crippen LogP contribution in [0.2, 0.25) is 0 Å². The Bertz CT molecular complexity index is 364. The third-order valence-corrected chi connectivity index (χ3v) is 6.31. The van der Waals surface area contributed by atoms with Crippen LogP contribution < -0.4 is 10.6 Å². The van der Waals surface area contributed by atoms with Gasteiger partial charge in [-0.15, -0.1) is 0 Å². The normalized spacial score (nSPS) is 40.8. The third-order valence-electron chi connectivity index (χ3n) is 6.31. The van der Waals surface area contributed by atoms with Gasteiger partial charge in [0.05, 0.1) is 5.41 Å². The first-order valence-electron chi connectivity index (χ1n) is 8.88. The van der Waals surface area contributed by atoms with Gasteiger partial charge in [-0.1, -0.05) is 13.3 Å². The topological polar surface area (TPSA) is 44.4 Å². The lowest BCUT2D eigenvalue weighted by atomic mass is 9.76. The standard InChI is InChI=1S/C17H31N3O/c1-3-17(8-5-9-18-12-17)16(21)19-13-10-14-6-4-7-15(11-13)20(14)2/h13-15,18H,3-12H2,1-2H3,(H,19,21). The van der Waals surface area contributed by atoms with E-state index in [-0.39, 0.29) is 5.41 Å². The van der Waals surface area contributed by atoms with Gasteiger partial charge in [0, 0.05) is 24.7 Å². The first-order chi connectivity index (χ1) is 10.1. The van der Waals surface area contributed by atoms with Gasteiger partial charge in [0.1, 0.15) is 0 Å². The highest BCUT2D eigenvalue weighted by molar-refractivity contribution is 5.83. The molecular formula is C17H31N3O. The molecule has 2 N–H and O–H groups in total. The van der Waals surface area contributed by atoms with Crippen molar-refractivity contribution in [1.29, 1.82) is 0 Å². The van der Waals surface area contributed by atoms with Crippen LogP contribution in [-0.2, 0) is 4.79 Å². The number of hydrogen-bond donors (Lipinski definition) is 2. The molecule has 21 heavy (non-hydrogen) atoms. The van der Waals surface area contributed by atoms with E-state index in [0.717, 1.165) is 45.2 Å². The molecular weight excluding hydrogens is 262 g/mol. The van der Waals surface area contributed by atoms with Crippen LogP contribution in [-0.4, -0.2) is 49.1 Å². The van der Waals surface area contributed by atoms with Crippen LogP contribution in [0.25, 0.3) is 0 Å². The van der Waals surface area contributed by atoms with Crippen molar-refractivity contribution in [2.24, 2.45) is 5.41 Å². The first-order valence-corrected chi connectivity index (χ1v) is 8.88. The molecule has 3 fully saturated rings. The molecule has 0 aliphatic carbocycles. The Labute approximate surface area is 129 Å². The Morgan fingerprint density at radius 1 is 1.29 bits per heavy atom. The Balaban J connectivity index is 1.62. The van der Waals surface area contributed by atoms with E-state index in [1.165, 1.54) is 19.3 Å². The van der Waals surface area contributed by atoms with Crippen molar-refractivity contribution in [2.75, 3.05) is 20.1 Å². The van der Waals surface area contributed by atoms with E-state index in [9.17, 15) is 4.79 Å². The summed E-state index contributed by atoms with van der Waals surface area (Å²) in [6.07, 6.45) is 9.38. The Morgan fingerprint density at radius 2 is 2.00 bits per heavy atom. The van der Waals surface area contributed by atoms with Crippen LogP contribution in [0, 0.1) is 5.41 Å². The number of fused-ring (bicyclic) bond motifs is 2. The van der Waals surface area contributed by atoms with Crippen molar-refractivity contribution >= 4 is 5.91 Å². The van der Waals surface area contributed by atoms with Gasteiger partial charge in [-0.2, -0.15) is 0 Å². The molecule has 0 aromatic rings. The zero-order valence-electron chi connectivity index (χ0n) is 13.7. The average Bonchev–Trinajstić information content (AvgIpc) is 2.49. The van der Waals surface area contributed by atoms with Crippen molar-refractivity contribution in [3.05, 3.63) is 0 Å². The number of amides is 1. The minimum atomic E-state index is -0.156. The molecule has 3 unspecified atom stereocenters. The van der Waals surface area contributed by atoms with Crippen LogP contribution in [0.3, 0.4) is 0 Å². The fourth-order valence-electron chi connectivity index (χ4n) is 4.70. The van der Waals surface area contributed by atoms with Crippen molar-refractivity contribution < 1.29 is 4.79 Å². The molecule has 3 aliphatic rings. The van der Waals surface area contributed by atoms with Crippen LogP contribution >= 0.6 is 0 Å². The zero-order valence-corrected chi connectivity index (χ0v) is 13.7. The molecule has 3 rings (SSSR count). The van der Waals surface area contributed by atoms with Crippen molar-refractivity contribution in [3.8, 4) is 0 Å². The van der Waals surface area contributed by atoms with Gasteiger partial charge < -0.3 is 15.5 Å². The van der Waals surface area contributed by atoms with Crippen LogP contribution in [0.15, 0.2) is 0 Å². The second-order valence-corrected chi connectivity index (χ2v) is 7.46. The number of nitrogens with zero attached hydrogens (tertiary/aromatic N) is 1. The maximum absolute atomic E-state index is 12.9. The molecule has 1 amide bonds. The molecule has 0 aromatic carbocycles. The molecule has 120 valence electrons. The quantitative estimate of drug-likeness (QED) is 0.835. The zero-order chi connectivity index (χ0) is 14.9. The Kier molecular flexibility index (Phi) is 4.55. The van der Waals surface area contributed by atoms with Gasteiger partial charge in [0.2, 0.25) is 5.91 Å². The second kappa shape index (κ2) is 6.25. The molecule has 0 aromatic heterocycles. The van der Waals surface area contributed by atoms with E-state index < -0.39 is 0 Å². The molecule has 0 spiro atoms. The molecule has 4 nitrogen and oxygen atoms in total. The lowest BCUT2D eigenvalue weighted by molar-refractivity contribution is -0.134. The lowest BCUT2D eigenvalue weighted by Gasteiger charge is -2.48. The number of carbonyl (C=O) groups excluding carboxylic acids is 1. The highest BCUT2D eigenvalue weighted by atomic mass is 16.2. The summed E-state index contributed by atoms with van der Waals surface area (Å²) < 4.78 is 0. The summed E-state index contributed by atoms with van der Waals surface area (Å²) in [6, 6.07) is 1.77. The number of piperidine rings is 3. The van der Waals surface area contributed by atoms with Gasteiger partial charge >= 0.3 is 0 Å². The third kappa shape index (κ3) is 2.98. The number of carbonyl (C=O) groups is 1. The van der Waals surface area contributed by atoms with Crippen molar-refractivity contribution in [3.63, 3.8) is 0 Å². The molecule has 3 atom stereocenters. The molecule has 0 radical (unpaired) electrons. The number of hydrogen-bond acceptors (Lipinski definition) is 3. The predicted molar refractivity (Wildman–Crippen MR) is 85.2 cm³/mol. The second-order valence-electron chi connectivity index (χ2n) is 7.46. The van der Waals surface area contributed by atoms with Crippen molar-refractivity contribution in [2.45, 2.75) is 76.4 Å². The monoisotopic (exact) mass is 293 g/mol. The molecule has 0 saturated carbocycles. The molecule has 2 bridgehead atoms. The van der Waals surface area contributed by atoms with E-state index in [0.29, 0.717) is 24.0 Å². The molecule has 4 heteroatoms. The van der Waals surface area contributed by atoms with Gasteiger partial charge in [0.15, 0.2) is 0 Å². The molecule has 3 aliphatic heterocycles. The minimum Gasteiger partial charge on any atom is -0.353 e. The maximum atomic E-state index is 12.9. The predicted octanol–water partition coefficient (Wildman–Crippen LogP) is 1.90. The number of rotatable bonds is 3. The van der Waals surface area contributed by atoms with Gasteiger partial charge in [-0.3, -0.25) is 4.79 Å². The number of nitrogens with one attached hydrogen (secondary N) is 2. The van der Waals surface area contributed by atoms with Gasteiger partial charge in [-0.05, 0) is 58.5 Å². The maximum Gasteiger partial charge on any atom is 0.227 e. The van der Waals surface area contributed by atoms with Crippen molar-refractivity contribution in [1.82, 2.24) is 15.5 Å². The first kappa shape index (κ1) is 15.3. The highest BCUT2D eigenvalue weighted by Crippen LogP contribution is 2.34. The molecule has 3 saturated heterocycles. The lowest BCUT2D eigenvalue weighted by Crippen LogP contribution is -2.58. The summed E-state index contributed by atoms with van der Waals surface area (Å²) >= 11 is 0. The summed E-state index contributed by atoms with van der Waals surface area (Å²) in [5.74, 6) is 0.310. The van der Waals surface area contributed by atoms with Gasteiger partial charge in [0.25, 0.3) is 0 Å². The summed E-state index contributed by atoms with van der Waals surface area (Å²) in [7, 11) is 2.27. The van der Waals surface area contributed by atoms with Gasteiger partial charge in [-0.25, -0.2) is 0 Å².